The highest BCUT2D eigenvalue weighted by Crippen LogP contribution is 2.40. The molecule has 3 heteroatoms. The lowest BCUT2D eigenvalue weighted by atomic mass is 9.74. The van der Waals surface area contributed by atoms with Crippen molar-refractivity contribution in [1.82, 2.24) is 9.80 Å². The summed E-state index contributed by atoms with van der Waals surface area (Å²) in [5, 5.41) is 0. The number of carbonyl (C=O) groups excluding carboxylic acids is 1. The minimum absolute atomic E-state index is 0.383. The van der Waals surface area contributed by atoms with Crippen LogP contribution in [0.1, 0.15) is 45.4 Å². The molecule has 3 aliphatic heterocycles. The van der Waals surface area contributed by atoms with Crippen molar-refractivity contribution < 1.29 is 4.79 Å². The average molecular weight is 236 g/mol. The average Bonchev–Trinajstić information content (AvgIpc) is 2.36. The summed E-state index contributed by atoms with van der Waals surface area (Å²) in [5.41, 5.74) is 0. The summed E-state index contributed by atoms with van der Waals surface area (Å²) in [5.74, 6) is 1.26. The fourth-order valence-corrected chi connectivity index (χ4v) is 3.89. The van der Waals surface area contributed by atoms with Gasteiger partial charge in [-0.15, -0.1) is 0 Å². The zero-order valence-electron chi connectivity index (χ0n) is 10.9. The van der Waals surface area contributed by atoms with Crippen molar-refractivity contribution in [3.05, 3.63) is 0 Å². The van der Waals surface area contributed by atoms with Crippen LogP contribution in [0.15, 0.2) is 0 Å². The summed E-state index contributed by atoms with van der Waals surface area (Å²) in [6, 6.07) is 1.44. The summed E-state index contributed by atoms with van der Waals surface area (Å²) < 4.78 is 0. The largest absolute Gasteiger partial charge is 0.342 e. The maximum absolute atomic E-state index is 12.2. The Hall–Kier alpha value is -0.570. The van der Waals surface area contributed by atoms with Gasteiger partial charge in [0.2, 0.25) is 5.91 Å². The minimum atomic E-state index is 0.383. The third kappa shape index (κ3) is 2.22. The molecule has 1 aliphatic carbocycles. The summed E-state index contributed by atoms with van der Waals surface area (Å²) in [4.78, 5) is 16.8. The van der Waals surface area contributed by atoms with Gasteiger partial charge in [-0.2, -0.15) is 0 Å². The Bertz CT molecular complexity index is 287. The molecule has 96 valence electrons. The van der Waals surface area contributed by atoms with Crippen LogP contribution >= 0.6 is 0 Å². The zero-order chi connectivity index (χ0) is 11.8. The van der Waals surface area contributed by atoms with Gasteiger partial charge in [0, 0.05) is 25.2 Å². The van der Waals surface area contributed by atoms with E-state index in [0.29, 0.717) is 12.5 Å². The van der Waals surface area contributed by atoms with Crippen LogP contribution in [-0.2, 0) is 4.79 Å². The van der Waals surface area contributed by atoms with E-state index >= 15 is 0 Å². The van der Waals surface area contributed by atoms with E-state index in [1.54, 1.807) is 0 Å². The Labute approximate surface area is 104 Å². The zero-order valence-corrected chi connectivity index (χ0v) is 10.9. The van der Waals surface area contributed by atoms with Crippen molar-refractivity contribution in [1.29, 1.82) is 0 Å². The van der Waals surface area contributed by atoms with Crippen LogP contribution in [-0.4, -0.2) is 47.4 Å². The topological polar surface area (TPSA) is 23.6 Å². The molecule has 17 heavy (non-hydrogen) atoms. The number of rotatable bonds is 2. The molecular weight excluding hydrogens is 212 g/mol. The Morgan fingerprint density at radius 2 is 1.71 bits per heavy atom. The second-order valence-electron chi connectivity index (χ2n) is 6.23. The number of piperidine rings is 2. The predicted molar refractivity (Wildman–Crippen MR) is 67.7 cm³/mol. The van der Waals surface area contributed by atoms with Crippen LogP contribution in [0, 0.1) is 5.92 Å². The molecule has 4 rings (SSSR count). The van der Waals surface area contributed by atoms with Crippen molar-refractivity contribution in [3.8, 4) is 0 Å². The molecule has 0 aromatic heterocycles. The van der Waals surface area contributed by atoms with Crippen molar-refractivity contribution >= 4 is 5.91 Å². The van der Waals surface area contributed by atoms with E-state index in [1.807, 2.05) is 0 Å². The van der Waals surface area contributed by atoms with E-state index in [1.165, 1.54) is 38.5 Å². The van der Waals surface area contributed by atoms with Gasteiger partial charge >= 0.3 is 0 Å². The van der Waals surface area contributed by atoms with Gasteiger partial charge < -0.3 is 4.90 Å². The highest BCUT2D eigenvalue weighted by Gasteiger charge is 2.44. The Morgan fingerprint density at radius 1 is 1.06 bits per heavy atom. The lowest BCUT2D eigenvalue weighted by Crippen LogP contribution is -2.62. The first-order valence-corrected chi connectivity index (χ1v) is 7.27. The molecule has 2 atom stereocenters. The molecule has 0 aromatic rings. The first-order valence-electron chi connectivity index (χ1n) is 7.27. The normalized spacial score (nSPS) is 37.7. The van der Waals surface area contributed by atoms with E-state index in [0.717, 1.165) is 31.1 Å². The highest BCUT2D eigenvalue weighted by molar-refractivity contribution is 5.78. The van der Waals surface area contributed by atoms with Crippen molar-refractivity contribution in [2.75, 3.05) is 19.6 Å². The molecule has 3 saturated heterocycles. The summed E-state index contributed by atoms with van der Waals surface area (Å²) >= 11 is 0. The van der Waals surface area contributed by atoms with Crippen LogP contribution in [0.2, 0.25) is 0 Å². The molecule has 3 heterocycles. The highest BCUT2D eigenvalue weighted by atomic mass is 16.2. The van der Waals surface area contributed by atoms with E-state index < -0.39 is 0 Å². The maximum atomic E-state index is 12.2. The molecule has 0 aromatic carbocycles. The maximum Gasteiger partial charge on any atom is 0.236 e. The number of nitrogens with zero attached hydrogens (tertiary/aromatic N) is 2. The molecule has 3 nitrogen and oxygen atoms in total. The molecule has 4 fully saturated rings. The van der Waals surface area contributed by atoms with E-state index in [4.69, 9.17) is 0 Å². The minimum Gasteiger partial charge on any atom is -0.342 e. The molecule has 1 saturated carbocycles. The van der Waals surface area contributed by atoms with Crippen molar-refractivity contribution in [2.24, 2.45) is 5.92 Å². The summed E-state index contributed by atoms with van der Waals surface area (Å²) in [6.07, 6.45) is 7.67. The van der Waals surface area contributed by atoms with Gasteiger partial charge in [0.1, 0.15) is 0 Å². The molecule has 0 radical (unpaired) electrons. The second-order valence-corrected chi connectivity index (χ2v) is 6.23. The van der Waals surface area contributed by atoms with E-state index in [9.17, 15) is 4.79 Å². The van der Waals surface area contributed by atoms with Gasteiger partial charge in [0.05, 0.1) is 6.54 Å². The SMILES string of the molecule is CC1CC2CC(C1)N2CC(=O)N1CCCCC1. The summed E-state index contributed by atoms with van der Waals surface area (Å²) in [6.45, 7) is 5.04. The second kappa shape index (κ2) is 4.60. The van der Waals surface area contributed by atoms with Gasteiger partial charge in [0.15, 0.2) is 0 Å². The molecule has 4 aliphatic rings. The smallest absolute Gasteiger partial charge is 0.236 e. The fraction of sp³-hybridized carbons (Fsp3) is 0.929. The van der Waals surface area contributed by atoms with Crippen LogP contribution in [0.4, 0.5) is 0 Å². The van der Waals surface area contributed by atoms with Crippen LogP contribution in [0.25, 0.3) is 0 Å². The molecule has 1 amide bonds. The number of likely N-dealkylation sites (tertiary alicyclic amines) is 1. The molecule has 2 unspecified atom stereocenters. The van der Waals surface area contributed by atoms with Gasteiger partial charge in [-0.1, -0.05) is 6.92 Å². The lowest BCUT2D eigenvalue weighted by Gasteiger charge is -2.55. The van der Waals surface area contributed by atoms with Gasteiger partial charge in [0.25, 0.3) is 0 Å². The lowest BCUT2D eigenvalue weighted by molar-refractivity contribution is -0.140. The molecule has 2 bridgehead atoms. The number of carbonyl (C=O) groups is 1. The first-order chi connectivity index (χ1) is 8.24. The quantitative estimate of drug-likeness (QED) is 0.731. The number of hydrogen-bond donors (Lipinski definition) is 0. The van der Waals surface area contributed by atoms with Crippen molar-refractivity contribution in [2.45, 2.75) is 57.5 Å². The number of fused-ring (bicyclic) bond motifs is 2. The first kappa shape index (κ1) is 11.5. The van der Waals surface area contributed by atoms with Crippen LogP contribution < -0.4 is 0 Å². The standard InChI is InChI=1S/C14H24N2O/c1-11-7-12-9-13(8-11)16(12)10-14(17)15-5-3-2-4-6-15/h11-13H,2-10H2,1H3. The molecule has 0 spiro atoms. The predicted octanol–water partition coefficient (Wildman–Crippen LogP) is 1.87. The Morgan fingerprint density at radius 3 is 2.35 bits per heavy atom. The molecule has 0 N–H and O–H groups in total. The Balaban J connectivity index is 1.52. The van der Waals surface area contributed by atoms with E-state index in [-0.39, 0.29) is 0 Å². The third-order valence-corrected chi connectivity index (χ3v) is 4.86. The van der Waals surface area contributed by atoms with Crippen molar-refractivity contribution in [3.63, 3.8) is 0 Å². The third-order valence-electron chi connectivity index (χ3n) is 4.86. The number of amides is 1. The van der Waals surface area contributed by atoms with Crippen LogP contribution in [0.5, 0.6) is 0 Å². The van der Waals surface area contributed by atoms with Crippen LogP contribution in [0.3, 0.4) is 0 Å². The van der Waals surface area contributed by atoms with E-state index in [2.05, 4.69) is 16.7 Å². The molecular formula is C14H24N2O. The monoisotopic (exact) mass is 236 g/mol. The van der Waals surface area contributed by atoms with Gasteiger partial charge in [-0.05, 0) is 44.4 Å². The summed E-state index contributed by atoms with van der Waals surface area (Å²) in [7, 11) is 0. The fourth-order valence-electron chi connectivity index (χ4n) is 3.89. The number of hydrogen-bond acceptors (Lipinski definition) is 2. The van der Waals surface area contributed by atoms with Gasteiger partial charge in [-0.3, -0.25) is 9.69 Å². The van der Waals surface area contributed by atoms with Gasteiger partial charge in [-0.25, -0.2) is 0 Å². The Kier molecular flexibility index (Phi) is 3.12.